The van der Waals surface area contributed by atoms with Crippen molar-refractivity contribution in [3.05, 3.63) is 0 Å². The quantitative estimate of drug-likeness (QED) is 0.682. The van der Waals surface area contributed by atoms with Gasteiger partial charge in [-0.3, -0.25) is 0 Å². The zero-order chi connectivity index (χ0) is 16.5. The first-order valence-electron chi connectivity index (χ1n) is 9.89. The van der Waals surface area contributed by atoms with Crippen molar-refractivity contribution in [1.29, 1.82) is 0 Å². The molecule has 9 atom stereocenters. The van der Waals surface area contributed by atoms with Gasteiger partial charge in [-0.25, -0.2) is 0 Å². The van der Waals surface area contributed by atoms with Gasteiger partial charge in [-0.2, -0.15) is 0 Å². The first-order chi connectivity index (χ1) is 11.4. The SMILES string of the molecule is C[C@@H]1COC2CC34C5C[C@@H](C(C)(C)C)C36CCOC6OC4(CO5)C21. The zero-order valence-corrected chi connectivity index (χ0v) is 15.3. The lowest BCUT2D eigenvalue weighted by Crippen LogP contribution is -2.53. The Hall–Kier alpha value is -0.160. The maximum Gasteiger partial charge on any atom is 0.165 e. The second kappa shape index (κ2) is 4.05. The summed E-state index contributed by atoms with van der Waals surface area (Å²) in [7, 11) is 0. The minimum absolute atomic E-state index is 0.0237. The van der Waals surface area contributed by atoms with Crippen LogP contribution in [0.1, 0.15) is 47.0 Å². The van der Waals surface area contributed by atoms with Gasteiger partial charge in [-0.15, -0.1) is 0 Å². The molecule has 2 spiro atoms. The first-order valence-corrected chi connectivity index (χ1v) is 9.89. The summed E-state index contributed by atoms with van der Waals surface area (Å²) >= 11 is 0. The molecule has 2 saturated carbocycles. The van der Waals surface area contributed by atoms with Crippen molar-refractivity contribution in [3.8, 4) is 0 Å². The van der Waals surface area contributed by atoms with Crippen molar-refractivity contribution in [2.75, 3.05) is 19.8 Å². The molecule has 2 aliphatic carbocycles. The third kappa shape index (κ3) is 1.23. The highest BCUT2D eigenvalue weighted by Crippen LogP contribution is 2.83. The van der Waals surface area contributed by atoms with Gasteiger partial charge >= 0.3 is 0 Å². The van der Waals surface area contributed by atoms with Gasteiger partial charge in [0.05, 0.1) is 25.4 Å². The third-order valence-corrected chi connectivity index (χ3v) is 8.92. The molecule has 0 amide bonds. The molecule has 4 heterocycles. The van der Waals surface area contributed by atoms with Gasteiger partial charge < -0.3 is 18.9 Å². The van der Waals surface area contributed by atoms with Crippen LogP contribution in [-0.4, -0.2) is 43.9 Å². The maximum atomic E-state index is 6.92. The topological polar surface area (TPSA) is 36.9 Å². The van der Waals surface area contributed by atoms with Gasteiger partial charge in [0.2, 0.25) is 0 Å². The molecule has 24 heavy (non-hydrogen) atoms. The van der Waals surface area contributed by atoms with Crippen LogP contribution >= 0.6 is 0 Å². The van der Waals surface area contributed by atoms with Gasteiger partial charge in [-0.1, -0.05) is 27.7 Å². The Balaban J connectivity index is 1.59. The monoisotopic (exact) mass is 334 g/mol. The third-order valence-electron chi connectivity index (χ3n) is 8.92. The Kier molecular flexibility index (Phi) is 2.53. The molecule has 6 rings (SSSR count). The van der Waals surface area contributed by atoms with Crippen molar-refractivity contribution in [3.63, 3.8) is 0 Å². The number of fused-ring (bicyclic) bond motifs is 1. The molecular formula is C20H30O4. The van der Waals surface area contributed by atoms with E-state index < -0.39 is 0 Å². The number of rotatable bonds is 0. The highest BCUT2D eigenvalue weighted by molar-refractivity contribution is 5.35. The Morgan fingerprint density at radius 1 is 1.08 bits per heavy atom. The molecule has 7 unspecified atom stereocenters. The van der Waals surface area contributed by atoms with Crippen molar-refractivity contribution >= 4 is 0 Å². The van der Waals surface area contributed by atoms with E-state index in [1.807, 2.05) is 0 Å². The van der Waals surface area contributed by atoms with E-state index >= 15 is 0 Å². The van der Waals surface area contributed by atoms with Crippen LogP contribution < -0.4 is 0 Å². The molecule has 0 aromatic carbocycles. The first kappa shape index (κ1) is 15.0. The Labute approximate surface area is 144 Å². The van der Waals surface area contributed by atoms with E-state index in [2.05, 4.69) is 27.7 Å². The summed E-state index contributed by atoms with van der Waals surface area (Å²) in [5.41, 5.74) is 0.324. The van der Waals surface area contributed by atoms with Crippen LogP contribution in [0, 0.1) is 34.0 Å². The summed E-state index contributed by atoms with van der Waals surface area (Å²) in [5.74, 6) is 1.63. The summed E-state index contributed by atoms with van der Waals surface area (Å²) in [6.45, 7) is 12.0. The van der Waals surface area contributed by atoms with Gasteiger partial charge in [0.25, 0.3) is 0 Å². The van der Waals surface area contributed by atoms with E-state index in [9.17, 15) is 0 Å². The fraction of sp³-hybridized carbons (Fsp3) is 1.00. The minimum atomic E-state index is -0.163. The molecule has 6 fully saturated rings. The number of ether oxygens (including phenoxy) is 4. The lowest BCUT2D eigenvalue weighted by Gasteiger charge is -2.47. The lowest BCUT2D eigenvalue weighted by atomic mass is 9.53. The van der Waals surface area contributed by atoms with Crippen LogP contribution in [0.15, 0.2) is 0 Å². The van der Waals surface area contributed by atoms with E-state index in [4.69, 9.17) is 18.9 Å². The van der Waals surface area contributed by atoms with E-state index in [0.717, 1.165) is 32.7 Å². The van der Waals surface area contributed by atoms with E-state index in [1.54, 1.807) is 0 Å². The summed E-state index contributed by atoms with van der Waals surface area (Å²) in [6.07, 6.45) is 4.10. The van der Waals surface area contributed by atoms with Crippen molar-refractivity contribution < 1.29 is 18.9 Å². The summed E-state index contributed by atoms with van der Waals surface area (Å²) in [4.78, 5) is 0. The normalized spacial score (nSPS) is 63.5. The molecule has 0 aromatic rings. The Morgan fingerprint density at radius 2 is 1.92 bits per heavy atom. The molecule has 4 saturated heterocycles. The van der Waals surface area contributed by atoms with Crippen LogP contribution in [0.2, 0.25) is 0 Å². The molecule has 0 bridgehead atoms. The molecule has 4 nitrogen and oxygen atoms in total. The maximum absolute atomic E-state index is 6.92. The summed E-state index contributed by atoms with van der Waals surface area (Å²) < 4.78 is 25.9. The van der Waals surface area contributed by atoms with Crippen molar-refractivity contribution in [2.45, 2.75) is 71.1 Å². The van der Waals surface area contributed by atoms with Gasteiger partial charge in [0, 0.05) is 23.4 Å². The van der Waals surface area contributed by atoms with Gasteiger partial charge in [0.15, 0.2) is 6.29 Å². The Bertz CT molecular complexity index is 599. The standard InChI is InChI=1S/C20H30O4/c1-11-9-22-12-8-19-14-7-13(17(2,3)4)18(19)5-6-21-16(18)24-20(19,10-23-14)15(11)12/h11-16H,5-10H2,1-4H3/t11-,12?,13+,14?,15?,16?,18?,19?,20?/m1/s1. The molecule has 4 heteroatoms. The molecule has 0 aromatic heterocycles. The predicted octanol–water partition coefficient (Wildman–Crippen LogP) is 2.99. The fourth-order valence-electron chi connectivity index (χ4n) is 8.51. The van der Waals surface area contributed by atoms with Crippen LogP contribution in [-0.2, 0) is 18.9 Å². The predicted molar refractivity (Wildman–Crippen MR) is 87.4 cm³/mol. The van der Waals surface area contributed by atoms with Gasteiger partial charge in [-0.05, 0) is 36.5 Å². The Morgan fingerprint density at radius 3 is 2.71 bits per heavy atom. The van der Waals surface area contributed by atoms with Crippen LogP contribution in [0.3, 0.4) is 0 Å². The summed E-state index contributed by atoms with van der Waals surface area (Å²) in [5, 5.41) is 0. The highest BCUT2D eigenvalue weighted by atomic mass is 16.7. The van der Waals surface area contributed by atoms with E-state index in [1.165, 1.54) is 6.42 Å². The number of hydrogen-bond donors (Lipinski definition) is 0. The van der Waals surface area contributed by atoms with Gasteiger partial charge in [0.1, 0.15) is 5.60 Å². The van der Waals surface area contributed by atoms with Crippen LogP contribution in [0.5, 0.6) is 0 Å². The van der Waals surface area contributed by atoms with Crippen LogP contribution in [0.25, 0.3) is 0 Å². The van der Waals surface area contributed by atoms with E-state index in [0.29, 0.717) is 30.0 Å². The second-order valence-electron chi connectivity index (χ2n) is 10.5. The molecule has 0 N–H and O–H groups in total. The average Bonchev–Trinajstić information content (AvgIpc) is 3.21. The fourth-order valence-corrected chi connectivity index (χ4v) is 8.51. The largest absolute Gasteiger partial charge is 0.377 e. The smallest absolute Gasteiger partial charge is 0.165 e. The minimum Gasteiger partial charge on any atom is -0.377 e. The molecular weight excluding hydrogens is 304 g/mol. The van der Waals surface area contributed by atoms with Crippen molar-refractivity contribution in [2.24, 2.45) is 34.0 Å². The van der Waals surface area contributed by atoms with E-state index in [-0.39, 0.29) is 28.1 Å². The highest BCUT2D eigenvalue weighted by Gasteiger charge is 2.90. The molecule has 134 valence electrons. The number of hydrogen-bond acceptors (Lipinski definition) is 4. The molecule has 4 aliphatic heterocycles. The van der Waals surface area contributed by atoms with Crippen molar-refractivity contribution in [1.82, 2.24) is 0 Å². The zero-order valence-electron chi connectivity index (χ0n) is 15.3. The summed E-state index contributed by atoms with van der Waals surface area (Å²) in [6, 6.07) is 0. The second-order valence-corrected chi connectivity index (χ2v) is 10.5. The van der Waals surface area contributed by atoms with Crippen LogP contribution in [0.4, 0.5) is 0 Å². The molecule has 0 radical (unpaired) electrons. The molecule has 6 aliphatic rings. The average molecular weight is 334 g/mol. The lowest BCUT2D eigenvalue weighted by molar-refractivity contribution is -0.197.